The molecular formula is C28H48O3. The number of aliphatic hydroxyl groups excluding tert-OH is 1. The van der Waals surface area contributed by atoms with Crippen molar-refractivity contribution in [2.24, 2.45) is 28.6 Å². The lowest BCUT2D eigenvalue weighted by Gasteiger charge is -2.55. The topological polar surface area (TPSA) is 57.5 Å². The number of rotatable bonds is 7. The molecule has 6 atom stereocenters. The minimum absolute atomic E-state index is 0.151. The first kappa shape index (κ1) is 26.2. The first-order valence-electron chi connectivity index (χ1n) is 12.8. The molecular weight excluding hydrogens is 384 g/mol. The molecule has 2 saturated carbocycles. The Labute approximate surface area is 191 Å². The molecule has 2 fully saturated rings. The lowest BCUT2D eigenvalue weighted by Crippen LogP contribution is -2.46. The minimum Gasteiger partial charge on any atom is -0.478 e. The van der Waals surface area contributed by atoms with Crippen LogP contribution in [0.5, 0.6) is 0 Å². The highest BCUT2D eigenvalue weighted by atomic mass is 16.4. The summed E-state index contributed by atoms with van der Waals surface area (Å²) >= 11 is 0. The van der Waals surface area contributed by atoms with Crippen LogP contribution in [-0.2, 0) is 4.79 Å². The zero-order valence-corrected chi connectivity index (χ0v) is 21.0. The Kier molecular flexibility index (Phi) is 9.42. The molecule has 2 N–H and O–H groups in total. The molecule has 0 amide bonds. The zero-order valence-electron chi connectivity index (χ0n) is 21.0. The van der Waals surface area contributed by atoms with E-state index in [1.165, 1.54) is 44.9 Å². The van der Waals surface area contributed by atoms with Gasteiger partial charge in [0.15, 0.2) is 0 Å². The van der Waals surface area contributed by atoms with E-state index in [2.05, 4.69) is 33.8 Å². The SMILES string of the molecule is CC(O)CCC1(C)C(C)CC=C2C1CCC1CCCC21C.CCCC/C=C(/C)C(=O)O. The average Bonchev–Trinajstić information content (AvgIpc) is 3.11. The van der Waals surface area contributed by atoms with E-state index in [9.17, 15) is 9.90 Å². The molecule has 0 aliphatic heterocycles. The van der Waals surface area contributed by atoms with Crippen molar-refractivity contribution in [2.75, 3.05) is 0 Å². The number of allylic oxidation sites excluding steroid dienone is 3. The van der Waals surface area contributed by atoms with E-state index in [0.29, 0.717) is 16.4 Å². The first-order chi connectivity index (χ1) is 14.6. The van der Waals surface area contributed by atoms with Crippen LogP contribution in [-0.4, -0.2) is 22.3 Å². The molecule has 0 heterocycles. The number of fused-ring (bicyclic) bond motifs is 3. The summed E-state index contributed by atoms with van der Waals surface area (Å²) in [5.74, 6) is 1.68. The van der Waals surface area contributed by atoms with Gasteiger partial charge in [0.25, 0.3) is 0 Å². The Morgan fingerprint density at radius 1 is 1.29 bits per heavy atom. The second-order valence-corrected chi connectivity index (χ2v) is 11.2. The monoisotopic (exact) mass is 432 g/mol. The van der Waals surface area contributed by atoms with Crippen LogP contribution in [0.3, 0.4) is 0 Å². The van der Waals surface area contributed by atoms with Gasteiger partial charge >= 0.3 is 5.97 Å². The van der Waals surface area contributed by atoms with Gasteiger partial charge < -0.3 is 10.2 Å². The van der Waals surface area contributed by atoms with Gasteiger partial charge in [-0.3, -0.25) is 0 Å². The van der Waals surface area contributed by atoms with Crippen LogP contribution in [0.1, 0.15) is 112 Å². The molecule has 0 aromatic heterocycles. The number of hydrogen-bond donors (Lipinski definition) is 2. The quantitative estimate of drug-likeness (QED) is 0.248. The summed E-state index contributed by atoms with van der Waals surface area (Å²) in [4.78, 5) is 10.2. The van der Waals surface area contributed by atoms with E-state index in [1.807, 2.05) is 12.5 Å². The average molecular weight is 433 g/mol. The second-order valence-electron chi connectivity index (χ2n) is 11.2. The van der Waals surface area contributed by atoms with Crippen LogP contribution in [0.15, 0.2) is 23.3 Å². The van der Waals surface area contributed by atoms with Crippen molar-refractivity contribution < 1.29 is 15.0 Å². The number of hydrogen-bond acceptors (Lipinski definition) is 2. The van der Waals surface area contributed by atoms with Crippen molar-refractivity contribution in [3.8, 4) is 0 Å². The minimum atomic E-state index is -0.809. The highest BCUT2D eigenvalue weighted by molar-refractivity contribution is 5.85. The molecule has 3 aliphatic rings. The van der Waals surface area contributed by atoms with Crippen LogP contribution >= 0.6 is 0 Å². The van der Waals surface area contributed by atoms with Gasteiger partial charge in [0, 0.05) is 5.57 Å². The molecule has 31 heavy (non-hydrogen) atoms. The fraction of sp³-hybridized carbons (Fsp3) is 0.821. The van der Waals surface area contributed by atoms with E-state index in [1.54, 1.807) is 13.0 Å². The molecule has 0 aromatic carbocycles. The molecule has 0 radical (unpaired) electrons. The summed E-state index contributed by atoms with van der Waals surface area (Å²) in [6.07, 6.45) is 17.9. The van der Waals surface area contributed by atoms with Crippen molar-refractivity contribution in [1.82, 2.24) is 0 Å². The van der Waals surface area contributed by atoms with Gasteiger partial charge in [-0.05, 0) is 93.8 Å². The Balaban J connectivity index is 0.000000291. The molecule has 0 aromatic rings. The van der Waals surface area contributed by atoms with Gasteiger partial charge in [-0.2, -0.15) is 0 Å². The Bertz CT molecular complexity index is 661. The van der Waals surface area contributed by atoms with Gasteiger partial charge in [0.2, 0.25) is 0 Å². The second kappa shape index (κ2) is 11.2. The molecule has 178 valence electrons. The van der Waals surface area contributed by atoms with Crippen molar-refractivity contribution in [2.45, 2.75) is 118 Å². The number of aliphatic hydroxyl groups is 1. The highest BCUT2D eigenvalue weighted by Gasteiger charge is 2.53. The van der Waals surface area contributed by atoms with Gasteiger partial charge in [0.05, 0.1) is 6.10 Å². The van der Waals surface area contributed by atoms with Crippen molar-refractivity contribution in [1.29, 1.82) is 0 Å². The predicted octanol–water partition coefficient (Wildman–Crippen LogP) is 7.54. The Hall–Kier alpha value is -1.09. The van der Waals surface area contributed by atoms with Crippen LogP contribution in [0.2, 0.25) is 0 Å². The van der Waals surface area contributed by atoms with Gasteiger partial charge in [-0.1, -0.05) is 64.7 Å². The smallest absolute Gasteiger partial charge is 0.330 e. The van der Waals surface area contributed by atoms with Crippen molar-refractivity contribution >= 4 is 5.97 Å². The maximum absolute atomic E-state index is 10.2. The third-order valence-corrected chi connectivity index (χ3v) is 9.05. The maximum atomic E-state index is 10.2. The zero-order chi connectivity index (χ0) is 23.2. The molecule has 3 nitrogen and oxygen atoms in total. The molecule has 0 saturated heterocycles. The van der Waals surface area contributed by atoms with E-state index in [0.717, 1.165) is 43.4 Å². The molecule has 6 unspecified atom stereocenters. The third kappa shape index (κ3) is 6.03. The third-order valence-electron chi connectivity index (χ3n) is 9.05. The summed E-state index contributed by atoms with van der Waals surface area (Å²) < 4.78 is 0. The highest BCUT2D eigenvalue weighted by Crippen LogP contribution is 2.63. The number of carboxylic acids is 1. The van der Waals surface area contributed by atoms with Crippen LogP contribution < -0.4 is 0 Å². The van der Waals surface area contributed by atoms with Gasteiger partial charge in [-0.25, -0.2) is 4.79 Å². The summed E-state index contributed by atoms with van der Waals surface area (Å²) in [6, 6.07) is 0. The number of unbranched alkanes of at least 4 members (excludes halogenated alkanes) is 2. The summed E-state index contributed by atoms with van der Waals surface area (Å²) in [5.41, 5.74) is 3.18. The number of carboxylic acid groups (broad SMARTS) is 1. The first-order valence-corrected chi connectivity index (χ1v) is 12.8. The van der Waals surface area contributed by atoms with Crippen LogP contribution in [0.25, 0.3) is 0 Å². The largest absolute Gasteiger partial charge is 0.478 e. The molecule has 3 rings (SSSR count). The summed E-state index contributed by atoms with van der Waals surface area (Å²) in [5, 5.41) is 18.2. The Morgan fingerprint density at radius 2 is 2.00 bits per heavy atom. The van der Waals surface area contributed by atoms with Gasteiger partial charge in [0.1, 0.15) is 0 Å². The maximum Gasteiger partial charge on any atom is 0.330 e. The Morgan fingerprint density at radius 3 is 2.61 bits per heavy atom. The summed E-state index contributed by atoms with van der Waals surface area (Å²) in [6.45, 7) is 13.2. The molecule has 0 spiro atoms. The number of carbonyl (C=O) groups is 1. The van der Waals surface area contributed by atoms with E-state index in [-0.39, 0.29) is 6.10 Å². The molecule has 0 bridgehead atoms. The van der Waals surface area contributed by atoms with Crippen LogP contribution in [0, 0.1) is 28.6 Å². The normalized spacial score (nSPS) is 35.9. The fourth-order valence-electron chi connectivity index (χ4n) is 6.53. The van der Waals surface area contributed by atoms with E-state index < -0.39 is 5.97 Å². The predicted molar refractivity (Wildman–Crippen MR) is 130 cm³/mol. The lowest BCUT2D eigenvalue weighted by atomic mass is 9.50. The molecule has 3 heteroatoms. The van der Waals surface area contributed by atoms with Crippen molar-refractivity contribution in [3.05, 3.63) is 23.3 Å². The van der Waals surface area contributed by atoms with E-state index in [4.69, 9.17) is 5.11 Å². The van der Waals surface area contributed by atoms with E-state index >= 15 is 0 Å². The van der Waals surface area contributed by atoms with Crippen LogP contribution in [0.4, 0.5) is 0 Å². The van der Waals surface area contributed by atoms with Crippen molar-refractivity contribution in [3.63, 3.8) is 0 Å². The fourth-order valence-corrected chi connectivity index (χ4v) is 6.53. The lowest BCUT2D eigenvalue weighted by molar-refractivity contribution is -0.132. The summed E-state index contributed by atoms with van der Waals surface area (Å²) in [7, 11) is 0. The van der Waals surface area contributed by atoms with Gasteiger partial charge in [-0.15, -0.1) is 0 Å². The number of aliphatic carboxylic acids is 1. The molecule has 3 aliphatic carbocycles. The standard InChI is InChI=1S/C20H34O.C8H14O2/c1-14-7-9-18-17(19(14,3)13-11-15(2)21)10-8-16-6-5-12-20(16,18)4;1-3-4-5-6-7(2)8(9)10/h9,14-17,21H,5-8,10-13H2,1-4H3;6H,3-5H2,1-2H3,(H,9,10)/b;7-6-.